The predicted octanol–water partition coefficient (Wildman–Crippen LogP) is 2.15. The number of ether oxygens (including phenoxy) is 3. The molecule has 0 saturated heterocycles. The molecule has 0 aliphatic heterocycles. The van der Waals surface area contributed by atoms with Gasteiger partial charge in [-0.15, -0.1) is 0 Å². The van der Waals surface area contributed by atoms with Crippen LogP contribution in [-0.2, 0) is 9.63 Å². The van der Waals surface area contributed by atoms with E-state index in [4.69, 9.17) is 14.2 Å². The molecule has 1 aromatic carbocycles. The van der Waals surface area contributed by atoms with Crippen LogP contribution in [0.4, 0.5) is 13.2 Å². The maximum absolute atomic E-state index is 12.0. The molecule has 9 heteroatoms. The second kappa shape index (κ2) is 6.82. The predicted molar refractivity (Wildman–Crippen MR) is 65.8 cm³/mol. The number of nitrogens with zero attached hydrogens (tertiary/aromatic N) is 1. The summed E-state index contributed by atoms with van der Waals surface area (Å²) in [7, 11) is 4.10. The third-order valence-corrected chi connectivity index (χ3v) is 2.30. The molecule has 0 aromatic heterocycles. The second-order valence-corrected chi connectivity index (χ2v) is 3.56. The number of halogens is 3. The van der Waals surface area contributed by atoms with Crippen molar-refractivity contribution >= 4 is 12.2 Å². The first kappa shape index (κ1) is 16.6. The van der Waals surface area contributed by atoms with Crippen molar-refractivity contribution in [2.24, 2.45) is 5.16 Å². The summed E-state index contributed by atoms with van der Waals surface area (Å²) < 4.78 is 50.9. The summed E-state index contributed by atoms with van der Waals surface area (Å²) in [5.41, 5.74) is 0.191. The normalized spacial score (nSPS) is 11.3. The van der Waals surface area contributed by atoms with Crippen molar-refractivity contribution in [2.45, 2.75) is 6.18 Å². The van der Waals surface area contributed by atoms with Gasteiger partial charge in [0.2, 0.25) is 0 Å². The van der Waals surface area contributed by atoms with E-state index in [1.54, 1.807) is 0 Å². The molecule has 1 aromatic rings. The van der Waals surface area contributed by atoms with Crippen molar-refractivity contribution < 1.29 is 37.0 Å². The summed E-state index contributed by atoms with van der Waals surface area (Å²) in [4.78, 5) is 14.2. The van der Waals surface area contributed by atoms with Gasteiger partial charge < -0.3 is 19.0 Å². The topological polar surface area (TPSA) is 66.3 Å². The first-order chi connectivity index (χ1) is 9.83. The third kappa shape index (κ3) is 4.26. The fourth-order valence-electron chi connectivity index (χ4n) is 1.34. The SMILES string of the molecule is COc1cc(OC)c(/C=N/OC(=O)C(F)(F)F)c(OC)c1. The van der Waals surface area contributed by atoms with Crippen LogP contribution < -0.4 is 14.2 Å². The lowest BCUT2D eigenvalue weighted by Crippen LogP contribution is -2.23. The van der Waals surface area contributed by atoms with Crippen LogP contribution in [0.5, 0.6) is 17.2 Å². The van der Waals surface area contributed by atoms with Crippen LogP contribution in [0.1, 0.15) is 5.56 Å². The van der Waals surface area contributed by atoms with Crippen LogP contribution in [0, 0.1) is 0 Å². The highest BCUT2D eigenvalue weighted by molar-refractivity contribution is 5.88. The lowest BCUT2D eigenvalue weighted by molar-refractivity contribution is -0.199. The van der Waals surface area contributed by atoms with Crippen molar-refractivity contribution in [1.29, 1.82) is 0 Å². The molecule has 6 nitrogen and oxygen atoms in total. The quantitative estimate of drug-likeness (QED) is 0.474. The van der Waals surface area contributed by atoms with Gasteiger partial charge in [0.15, 0.2) is 0 Å². The van der Waals surface area contributed by atoms with Crippen molar-refractivity contribution in [3.8, 4) is 17.2 Å². The summed E-state index contributed by atoms with van der Waals surface area (Å²) in [6, 6.07) is 2.94. The molecule has 0 aliphatic carbocycles. The minimum Gasteiger partial charge on any atom is -0.496 e. The number of oxime groups is 1. The van der Waals surface area contributed by atoms with Gasteiger partial charge >= 0.3 is 12.1 Å². The minimum absolute atomic E-state index is 0.191. The average Bonchev–Trinajstić information content (AvgIpc) is 2.45. The van der Waals surface area contributed by atoms with E-state index >= 15 is 0 Å². The van der Waals surface area contributed by atoms with E-state index in [0.29, 0.717) is 5.75 Å². The monoisotopic (exact) mass is 307 g/mol. The Hall–Kier alpha value is -2.45. The highest BCUT2D eigenvalue weighted by Gasteiger charge is 2.41. The molecule has 0 heterocycles. The van der Waals surface area contributed by atoms with E-state index in [1.807, 2.05) is 0 Å². The van der Waals surface area contributed by atoms with Gasteiger partial charge in [-0.3, -0.25) is 0 Å². The van der Waals surface area contributed by atoms with Crippen LogP contribution >= 0.6 is 0 Å². The van der Waals surface area contributed by atoms with Gasteiger partial charge in [-0.2, -0.15) is 13.2 Å². The minimum atomic E-state index is -5.12. The van der Waals surface area contributed by atoms with Crippen LogP contribution in [0.3, 0.4) is 0 Å². The van der Waals surface area contributed by atoms with Gasteiger partial charge in [-0.25, -0.2) is 4.79 Å². The smallest absolute Gasteiger partial charge is 0.493 e. The van der Waals surface area contributed by atoms with Crippen molar-refractivity contribution in [1.82, 2.24) is 0 Å². The lowest BCUT2D eigenvalue weighted by atomic mass is 10.2. The molecular weight excluding hydrogens is 295 g/mol. The Morgan fingerprint density at radius 1 is 1.10 bits per heavy atom. The molecule has 0 unspecified atom stereocenters. The average molecular weight is 307 g/mol. The third-order valence-electron chi connectivity index (χ3n) is 2.30. The number of alkyl halides is 3. The fraction of sp³-hybridized carbons (Fsp3) is 0.333. The number of carbonyl (C=O) groups is 1. The standard InChI is InChI=1S/C12H12F3NO5/c1-18-7-4-9(19-2)8(10(5-7)20-3)6-16-21-11(17)12(13,14)15/h4-6H,1-3H3/b16-6+. The maximum Gasteiger partial charge on any atom is 0.493 e. The van der Waals surface area contributed by atoms with E-state index in [0.717, 1.165) is 6.21 Å². The van der Waals surface area contributed by atoms with Gasteiger partial charge in [0.1, 0.15) is 17.2 Å². The Morgan fingerprint density at radius 3 is 2.00 bits per heavy atom. The van der Waals surface area contributed by atoms with E-state index < -0.39 is 12.1 Å². The summed E-state index contributed by atoms with van der Waals surface area (Å²) >= 11 is 0. The summed E-state index contributed by atoms with van der Waals surface area (Å²) in [6.07, 6.45) is -4.24. The molecule has 0 fully saturated rings. The lowest BCUT2D eigenvalue weighted by Gasteiger charge is -2.11. The Morgan fingerprint density at radius 2 is 1.62 bits per heavy atom. The van der Waals surface area contributed by atoms with Crippen LogP contribution in [0.15, 0.2) is 17.3 Å². The van der Waals surface area contributed by atoms with Crippen LogP contribution in [0.25, 0.3) is 0 Å². The molecule has 0 aliphatic rings. The molecular formula is C12H12F3NO5. The Kier molecular flexibility index (Phi) is 5.39. The summed E-state index contributed by atoms with van der Waals surface area (Å²) in [5.74, 6) is -1.57. The first-order valence-electron chi connectivity index (χ1n) is 5.45. The molecule has 21 heavy (non-hydrogen) atoms. The molecule has 116 valence electrons. The van der Waals surface area contributed by atoms with Crippen LogP contribution in [0.2, 0.25) is 0 Å². The number of rotatable bonds is 5. The number of hydrogen-bond acceptors (Lipinski definition) is 6. The molecule has 0 radical (unpaired) electrons. The second-order valence-electron chi connectivity index (χ2n) is 3.56. The molecule has 0 bridgehead atoms. The van der Waals surface area contributed by atoms with Crippen molar-refractivity contribution in [2.75, 3.05) is 21.3 Å². The molecule has 0 atom stereocenters. The Bertz CT molecular complexity index is 517. The van der Waals surface area contributed by atoms with Gasteiger partial charge in [0.05, 0.1) is 33.1 Å². The van der Waals surface area contributed by atoms with E-state index in [1.165, 1.54) is 33.5 Å². The number of benzene rings is 1. The first-order valence-corrected chi connectivity index (χ1v) is 5.45. The summed E-state index contributed by atoms with van der Waals surface area (Å²) in [5, 5.41) is 2.99. The fourth-order valence-corrected chi connectivity index (χ4v) is 1.34. The Balaban J connectivity index is 3.04. The van der Waals surface area contributed by atoms with Crippen molar-refractivity contribution in [3.63, 3.8) is 0 Å². The van der Waals surface area contributed by atoms with Gasteiger partial charge in [0.25, 0.3) is 0 Å². The van der Waals surface area contributed by atoms with E-state index in [-0.39, 0.29) is 17.1 Å². The molecule has 0 spiro atoms. The molecule has 0 N–H and O–H groups in total. The maximum atomic E-state index is 12.0. The Labute approximate surface area is 118 Å². The van der Waals surface area contributed by atoms with Gasteiger partial charge in [-0.1, -0.05) is 5.16 Å². The van der Waals surface area contributed by atoms with E-state index in [2.05, 4.69) is 9.99 Å². The largest absolute Gasteiger partial charge is 0.496 e. The number of hydrogen-bond donors (Lipinski definition) is 0. The zero-order chi connectivity index (χ0) is 16.0. The highest BCUT2D eigenvalue weighted by atomic mass is 19.4. The molecule has 1 rings (SSSR count). The zero-order valence-electron chi connectivity index (χ0n) is 11.4. The van der Waals surface area contributed by atoms with Crippen molar-refractivity contribution in [3.05, 3.63) is 17.7 Å². The van der Waals surface area contributed by atoms with Crippen LogP contribution in [-0.4, -0.2) is 39.7 Å². The van der Waals surface area contributed by atoms with Gasteiger partial charge in [0, 0.05) is 12.1 Å². The molecule has 0 saturated carbocycles. The zero-order valence-corrected chi connectivity index (χ0v) is 11.4. The number of carbonyl (C=O) groups excluding carboxylic acids is 1. The van der Waals surface area contributed by atoms with E-state index in [9.17, 15) is 18.0 Å². The highest BCUT2D eigenvalue weighted by Crippen LogP contribution is 2.32. The molecule has 0 amide bonds. The number of methoxy groups -OCH3 is 3. The summed E-state index contributed by atoms with van der Waals surface area (Å²) in [6.45, 7) is 0. The van der Waals surface area contributed by atoms with Gasteiger partial charge in [-0.05, 0) is 0 Å².